The van der Waals surface area contributed by atoms with Gasteiger partial charge in [0, 0.05) is 5.56 Å². The Balaban J connectivity index is 2.57. The molecular weight excluding hydrogens is 188 g/mol. The average Bonchev–Trinajstić information content (AvgIpc) is 2.60. The monoisotopic (exact) mass is 194 g/mol. The highest BCUT2D eigenvalue weighted by Gasteiger charge is 2.26. The van der Waals surface area contributed by atoms with E-state index < -0.39 is 5.92 Å². The molecule has 70 valence electrons. The summed E-state index contributed by atoms with van der Waals surface area (Å²) in [6, 6.07) is 10.8. The van der Waals surface area contributed by atoms with Crippen LogP contribution in [0.2, 0.25) is 0 Å². The molecule has 0 radical (unpaired) electrons. The third-order valence-electron chi connectivity index (χ3n) is 2.36. The Morgan fingerprint density at radius 2 is 1.67 bits per heavy atom. The number of hydrogen-bond donors (Lipinski definition) is 0. The van der Waals surface area contributed by atoms with Crippen LogP contribution in [0.1, 0.15) is 15.9 Å². The van der Waals surface area contributed by atoms with Gasteiger partial charge in [-0.05, 0) is 17.2 Å². The van der Waals surface area contributed by atoms with Crippen molar-refractivity contribution in [2.45, 2.75) is 0 Å². The van der Waals surface area contributed by atoms with Crippen LogP contribution < -0.4 is 0 Å². The lowest BCUT2D eigenvalue weighted by Crippen LogP contribution is -1.96. The van der Waals surface area contributed by atoms with Gasteiger partial charge in [-0.15, -0.1) is 0 Å². The van der Waals surface area contributed by atoms with E-state index in [-0.39, 0.29) is 5.78 Å². The molecule has 0 aliphatic heterocycles. The molecule has 0 saturated carbocycles. The van der Waals surface area contributed by atoms with Crippen LogP contribution in [-0.2, 0) is 0 Å². The first-order chi connectivity index (χ1) is 7.27. The first-order valence-corrected chi connectivity index (χ1v) is 4.42. The van der Waals surface area contributed by atoms with E-state index in [4.69, 9.17) is 10.5 Å². The zero-order valence-corrected chi connectivity index (χ0v) is 7.77. The molecule has 0 spiro atoms. The molecule has 0 bridgehead atoms. The molecule has 3 nitrogen and oxygen atoms in total. The van der Waals surface area contributed by atoms with Crippen molar-refractivity contribution in [3.63, 3.8) is 0 Å². The number of allylic oxidation sites excluding steroid dienone is 2. The van der Waals surface area contributed by atoms with E-state index in [1.807, 2.05) is 12.1 Å². The summed E-state index contributed by atoms with van der Waals surface area (Å²) in [6.07, 6.45) is 1.38. The van der Waals surface area contributed by atoms with Gasteiger partial charge in [0.25, 0.3) is 0 Å². The first-order valence-electron chi connectivity index (χ1n) is 4.42. The minimum absolute atomic E-state index is 0.129. The quantitative estimate of drug-likeness (QED) is 0.686. The van der Waals surface area contributed by atoms with Crippen molar-refractivity contribution in [3.8, 4) is 12.1 Å². The van der Waals surface area contributed by atoms with Crippen molar-refractivity contribution in [2.24, 2.45) is 5.92 Å². The SMILES string of the molecule is N#CC(C#N)C1=CC(=O)c2ccccc21. The number of carbonyl (C=O) groups is 1. The highest BCUT2D eigenvalue weighted by molar-refractivity contribution is 6.17. The van der Waals surface area contributed by atoms with E-state index in [0.717, 1.165) is 0 Å². The Morgan fingerprint density at radius 3 is 2.27 bits per heavy atom. The number of benzene rings is 1. The van der Waals surface area contributed by atoms with E-state index in [1.165, 1.54) is 6.08 Å². The summed E-state index contributed by atoms with van der Waals surface area (Å²) in [5, 5.41) is 17.5. The van der Waals surface area contributed by atoms with E-state index in [1.54, 1.807) is 24.3 Å². The summed E-state index contributed by atoms with van der Waals surface area (Å²) in [5.74, 6) is -0.992. The summed E-state index contributed by atoms with van der Waals surface area (Å²) in [6.45, 7) is 0. The Kier molecular flexibility index (Phi) is 2.08. The maximum atomic E-state index is 11.5. The maximum Gasteiger partial charge on any atom is 0.186 e. The molecule has 0 atom stereocenters. The summed E-state index contributed by atoms with van der Waals surface area (Å²) >= 11 is 0. The third-order valence-corrected chi connectivity index (χ3v) is 2.36. The van der Waals surface area contributed by atoms with Crippen molar-refractivity contribution in [1.29, 1.82) is 10.5 Å². The molecule has 0 fully saturated rings. The van der Waals surface area contributed by atoms with Crippen LogP contribution in [0.3, 0.4) is 0 Å². The van der Waals surface area contributed by atoms with Crippen LogP contribution in [0.25, 0.3) is 5.57 Å². The van der Waals surface area contributed by atoms with E-state index in [2.05, 4.69) is 0 Å². The maximum absolute atomic E-state index is 11.5. The molecule has 1 aliphatic carbocycles. The number of nitrogens with zero attached hydrogens (tertiary/aromatic N) is 2. The number of carbonyl (C=O) groups excluding carboxylic acids is 1. The van der Waals surface area contributed by atoms with Crippen LogP contribution >= 0.6 is 0 Å². The summed E-state index contributed by atoms with van der Waals surface area (Å²) in [5.41, 5.74) is 1.79. The molecule has 0 N–H and O–H groups in total. The van der Waals surface area contributed by atoms with Gasteiger partial charge in [0.2, 0.25) is 0 Å². The van der Waals surface area contributed by atoms with E-state index >= 15 is 0 Å². The molecule has 0 unspecified atom stereocenters. The summed E-state index contributed by atoms with van der Waals surface area (Å²) in [4.78, 5) is 11.5. The van der Waals surface area contributed by atoms with Gasteiger partial charge in [0.15, 0.2) is 11.7 Å². The average molecular weight is 194 g/mol. The second-order valence-electron chi connectivity index (χ2n) is 3.20. The fourth-order valence-corrected chi connectivity index (χ4v) is 1.65. The lowest BCUT2D eigenvalue weighted by atomic mass is 9.96. The van der Waals surface area contributed by atoms with Gasteiger partial charge < -0.3 is 0 Å². The fraction of sp³-hybridized carbons (Fsp3) is 0.0833. The molecule has 0 aromatic heterocycles. The summed E-state index contributed by atoms with van der Waals surface area (Å²) < 4.78 is 0. The third kappa shape index (κ3) is 1.31. The number of nitriles is 2. The molecular formula is C12H6N2O. The molecule has 15 heavy (non-hydrogen) atoms. The van der Waals surface area contributed by atoms with Crippen LogP contribution in [0.15, 0.2) is 30.3 Å². The predicted octanol–water partition coefficient (Wildman–Crippen LogP) is 1.93. The second kappa shape index (κ2) is 3.40. The molecule has 1 aromatic rings. The van der Waals surface area contributed by atoms with Gasteiger partial charge in [0.1, 0.15) is 0 Å². The Bertz CT molecular complexity index is 529. The largest absolute Gasteiger partial charge is 0.289 e. The normalized spacial score (nSPS) is 13.0. The zero-order chi connectivity index (χ0) is 10.8. The summed E-state index contributed by atoms with van der Waals surface area (Å²) in [7, 11) is 0. The van der Waals surface area contributed by atoms with Gasteiger partial charge >= 0.3 is 0 Å². The second-order valence-corrected chi connectivity index (χ2v) is 3.20. The molecule has 1 aliphatic rings. The van der Waals surface area contributed by atoms with Gasteiger partial charge in [-0.2, -0.15) is 10.5 Å². The molecule has 2 rings (SSSR count). The van der Waals surface area contributed by atoms with Crippen molar-refractivity contribution in [2.75, 3.05) is 0 Å². The number of ketones is 1. The number of rotatable bonds is 1. The minimum Gasteiger partial charge on any atom is -0.289 e. The molecule has 1 aromatic carbocycles. The van der Waals surface area contributed by atoms with Gasteiger partial charge in [0.05, 0.1) is 12.1 Å². The van der Waals surface area contributed by atoms with Gasteiger partial charge in [-0.25, -0.2) is 0 Å². The van der Waals surface area contributed by atoms with E-state index in [0.29, 0.717) is 16.7 Å². The first kappa shape index (κ1) is 9.18. The number of fused-ring (bicyclic) bond motifs is 1. The van der Waals surface area contributed by atoms with Crippen LogP contribution in [-0.4, -0.2) is 5.78 Å². The fourth-order valence-electron chi connectivity index (χ4n) is 1.65. The Hall–Kier alpha value is -2.39. The van der Waals surface area contributed by atoms with Gasteiger partial charge in [-0.1, -0.05) is 24.3 Å². The van der Waals surface area contributed by atoms with Crippen molar-refractivity contribution in [1.82, 2.24) is 0 Å². The van der Waals surface area contributed by atoms with Crippen LogP contribution in [0.5, 0.6) is 0 Å². The number of hydrogen-bond acceptors (Lipinski definition) is 3. The van der Waals surface area contributed by atoms with Gasteiger partial charge in [-0.3, -0.25) is 4.79 Å². The van der Waals surface area contributed by atoms with E-state index in [9.17, 15) is 4.79 Å². The molecule has 0 heterocycles. The smallest absolute Gasteiger partial charge is 0.186 e. The molecule has 3 heteroatoms. The van der Waals surface area contributed by atoms with Crippen LogP contribution in [0, 0.1) is 28.6 Å². The molecule has 0 amide bonds. The highest BCUT2D eigenvalue weighted by atomic mass is 16.1. The van der Waals surface area contributed by atoms with Crippen molar-refractivity contribution < 1.29 is 4.79 Å². The Labute approximate surface area is 86.9 Å². The topological polar surface area (TPSA) is 64.7 Å². The lowest BCUT2D eigenvalue weighted by Gasteiger charge is -2.03. The van der Waals surface area contributed by atoms with Crippen LogP contribution in [0.4, 0.5) is 0 Å². The minimum atomic E-state index is -0.863. The van der Waals surface area contributed by atoms with Crippen molar-refractivity contribution >= 4 is 11.4 Å². The Morgan fingerprint density at radius 1 is 1.07 bits per heavy atom. The predicted molar refractivity (Wildman–Crippen MR) is 53.5 cm³/mol. The standard InChI is InChI=1S/C12H6N2O/c13-6-8(7-14)11-5-12(15)10-4-2-1-3-9(10)11/h1-5,8H. The lowest BCUT2D eigenvalue weighted by molar-refractivity contribution is 0.105. The highest BCUT2D eigenvalue weighted by Crippen LogP contribution is 2.32. The molecule has 0 saturated heterocycles. The van der Waals surface area contributed by atoms with Crippen molar-refractivity contribution in [3.05, 3.63) is 41.5 Å². The zero-order valence-electron chi connectivity index (χ0n) is 7.77.